The molecule has 31 heavy (non-hydrogen) atoms. The van der Waals surface area contributed by atoms with Gasteiger partial charge in [0.1, 0.15) is 23.3 Å². The Morgan fingerprint density at radius 2 is 1.97 bits per heavy atom. The lowest BCUT2D eigenvalue weighted by molar-refractivity contribution is 0.122. The van der Waals surface area contributed by atoms with Crippen LogP contribution < -0.4 is 4.90 Å². The number of rotatable bonds is 4. The summed E-state index contributed by atoms with van der Waals surface area (Å²) in [5, 5.41) is 13.7. The maximum absolute atomic E-state index is 14.7. The Morgan fingerprint density at radius 3 is 2.74 bits per heavy atom. The van der Waals surface area contributed by atoms with Crippen LogP contribution in [0.1, 0.15) is 22.4 Å². The number of aliphatic hydroxyl groups excluding tert-OH is 1. The van der Waals surface area contributed by atoms with E-state index in [2.05, 4.69) is 29.8 Å². The third-order valence-electron chi connectivity index (χ3n) is 5.14. The first kappa shape index (κ1) is 19.9. The number of morpholine rings is 1. The predicted octanol–water partition coefficient (Wildman–Crippen LogP) is 2.91. The molecule has 0 saturated carbocycles. The first-order chi connectivity index (χ1) is 15.1. The monoisotopic (exact) mass is 438 g/mol. The van der Waals surface area contributed by atoms with Gasteiger partial charge in [0.15, 0.2) is 0 Å². The van der Waals surface area contributed by atoms with Gasteiger partial charge in [-0.25, -0.2) is 24.9 Å². The Morgan fingerprint density at radius 1 is 1.13 bits per heavy atom. The third-order valence-corrected chi connectivity index (χ3v) is 6.16. The number of anilines is 1. The average Bonchev–Trinajstić information content (AvgIpc) is 3.25. The van der Waals surface area contributed by atoms with Crippen LogP contribution in [0.5, 0.6) is 0 Å². The van der Waals surface area contributed by atoms with E-state index in [-0.39, 0.29) is 5.56 Å². The molecule has 1 aliphatic rings. The van der Waals surface area contributed by atoms with Crippen molar-refractivity contribution in [1.29, 1.82) is 0 Å². The number of fused-ring (bicyclic) bond motifs is 1. The summed E-state index contributed by atoms with van der Waals surface area (Å²) < 4.78 is 20.1. The maximum atomic E-state index is 14.7. The molecular formula is C21H19FN6O2S. The van der Waals surface area contributed by atoms with Gasteiger partial charge in [0.2, 0.25) is 5.95 Å². The van der Waals surface area contributed by atoms with Gasteiger partial charge in [0, 0.05) is 53.6 Å². The normalized spacial score (nSPS) is 15.4. The number of aliphatic hydroxyl groups is 1. The molecule has 5 heterocycles. The Balaban J connectivity index is 1.55. The van der Waals surface area contributed by atoms with E-state index in [0.29, 0.717) is 40.4 Å². The lowest BCUT2D eigenvalue weighted by Crippen LogP contribution is -2.36. The molecule has 10 heteroatoms. The Hall–Kier alpha value is -3.08. The molecule has 0 spiro atoms. The van der Waals surface area contributed by atoms with E-state index in [1.165, 1.54) is 23.9 Å². The summed E-state index contributed by atoms with van der Waals surface area (Å²) >= 11 is 1.34. The van der Waals surface area contributed by atoms with E-state index < -0.39 is 12.1 Å². The summed E-state index contributed by atoms with van der Waals surface area (Å²) in [6, 6.07) is 3.43. The number of pyridine rings is 2. The van der Waals surface area contributed by atoms with Crippen LogP contribution in [0.4, 0.5) is 10.2 Å². The molecule has 1 saturated heterocycles. The van der Waals surface area contributed by atoms with Crippen LogP contribution in [0.25, 0.3) is 22.2 Å². The zero-order valence-electron chi connectivity index (χ0n) is 16.7. The Labute approximate surface area is 181 Å². The molecule has 4 aromatic rings. The summed E-state index contributed by atoms with van der Waals surface area (Å²) in [5.74, 6) is 0.117. The number of aryl methyl sites for hydroxylation is 1. The minimum atomic E-state index is -0.996. The summed E-state index contributed by atoms with van der Waals surface area (Å²) in [4.78, 5) is 23.5. The third kappa shape index (κ3) is 3.85. The maximum Gasteiger partial charge on any atom is 0.222 e. The van der Waals surface area contributed by atoms with Crippen LogP contribution in [-0.2, 0) is 4.74 Å². The SMILES string of the molecule is Cc1csc(C(O)c2cnc(F)c(-c3ncnc4cc(N5CCOCC5)ncc34)c2)n1. The number of hydrogen-bond acceptors (Lipinski definition) is 9. The van der Waals surface area contributed by atoms with E-state index >= 15 is 0 Å². The molecule has 0 aliphatic carbocycles. The van der Waals surface area contributed by atoms with Crippen molar-refractivity contribution < 1.29 is 14.2 Å². The molecule has 1 N–H and O–H groups in total. The summed E-state index contributed by atoms with van der Waals surface area (Å²) in [6.07, 6.45) is 3.37. The van der Waals surface area contributed by atoms with Crippen LogP contribution in [-0.4, -0.2) is 56.3 Å². The number of thiazole rings is 1. The molecular weight excluding hydrogens is 419 g/mol. The van der Waals surface area contributed by atoms with Crippen LogP contribution in [0.15, 0.2) is 36.2 Å². The van der Waals surface area contributed by atoms with Crippen molar-refractivity contribution in [2.24, 2.45) is 0 Å². The molecule has 0 bridgehead atoms. The second kappa shape index (κ2) is 8.22. The molecule has 8 nitrogen and oxygen atoms in total. The van der Waals surface area contributed by atoms with Crippen molar-refractivity contribution in [3.8, 4) is 11.3 Å². The average molecular weight is 438 g/mol. The molecule has 4 aromatic heterocycles. The quantitative estimate of drug-likeness (QED) is 0.486. The first-order valence-corrected chi connectivity index (χ1v) is 10.7. The Kier molecular flexibility index (Phi) is 5.26. The van der Waals surface area contributed by atoms with Gasteiger partial charge in [-0.3, -0.25) is 0 Å². The fourth-order valence-corrected chi connectivity index (χ4v) is 4.35. The molecule has 1 unspecified atom stereocenters. The van der Waals surface area contributed by atoms with Gasteiger partial charge in [-0.05, 0) is 13.0 Å². The minimum absolute atomic E-state index is 0.179. The number of nitrogens with zero attached hydrogens (tertiary/aromatic N) is 6. The number of hydrogen-bond donors (Lipinski definition) is 1. The zero-order valence-corrected chi connectivity index (χ0v) is 17.5. The highest BCUT2D eigenvalue weighted by molar-refractivity contribution is 7.09. The van der Waals surface area contributed by atoms with Gasteiger partial charge in [-0.15, -0.1) is 11.3 Å². The molecule has 158 valence electrons. The molecule has 1 atom stereocenters. The highest BCUT2D eigenvalue weighted by atomic mass is 32.1. The van der Waals surface area contributed by atoms with Crippen LogP contribution >= 0.6 is 11.3 Å². The van der Waals surface area contributed by atoms with E-state index in [1.807, 2.05) is 18.4 Å². The first-order valence-electron chi connectivity index (χ1n) is 9.79. The molecule has 1 aliphatic heterocycles. The van der Waals surface area contributed by atoms with E-state index in [1.54, 1.807) is 12.3 Å². The highest BCUT2D eigenvalue weighted by Gasteiger charge is 2.20. The van der Waals surface area contributed by atoms with Crippen LogP contribution in [0.2, 0.25) is 0 Å². The molecule has 1 fully saturated rings. The summed E-state index contributed by atoms with van der Waals surface area (Å²) in [7, 11) is 0. The number of halogens is 1. The van der Waals surface area contributed by atoms with Crippen molar-refractivity contribution in [1.82, 2.24) is 24.9 Å². The predicted molar refractivity (Wildman–Crippen MR) is 114 cm³/mol. The second-order valence-corrected chi connectivity index (χ2v) is 8.11. The van der Waals surface area contributed by atoms with Crippen molar-refractivity contribution in [2.75, 3.05) is 31.2 Å². The van der Waals surface area contributed by atoms with Crippen molar-refractivity contribution in [3.63, 3.8) is 0 Å². The minimum Gasteiger partial charge on any atom is -0.381 e. The fourth-order valence-electron chi connectivity index (χ4n) is 3.54. The van der Waals surface area contributed by atoms with Crippen molar-refractivity contribution in [3.05, 3.63) is 58.4 Å². The topological polar surface area (TPSA) is 97.2 Å². The van der Waals surface area contributed by atoms with Gasteiger partial charge < -0.3 is 14.7 Å². The summed E-state index contributed by atoms with van der Waals surface area (Å²) in [6.45, 7) is 4.67. The second-order valence-electron chi connectivity index (χ2n) is 7.22. The molecule has 0 aromatic carbocycles. The summed E-state index contributed by atoms with van der Waals surface area (Å²) in [5.41, 5.74) is 2.47. The van der Waals surface area contributed by atoms with Crippen molar-refractivity contribution in [2.45, 2.75) is 13.0 Å². The van der Waals surface area contributed by atoms with E-state index in [9.17, 15) is 9.50 Å². The zero-order chi connectivity index (χ0) is 21.4. The van der Waals surface area contributed by atoms with Crippen LogP contribution in [0, 0.1) is 12.9 Å². The van der Waals surface area contributed by atoms with Gasteiger partial charge in [-0.2, -0.15) is 4.39 Å². The molecule has 0 radical (unpaired) electrons. The Bertz CT molecular complexity index is 1240. The highest BCUT2D eigenvalue weighted by Crippen LogP contribution is 2.32. The van der Waals surface area contributed by atoms with Gasteiger partial charge in [0.25, 0.3) is 0 Å². The smallest absolute Gasteiger partial charge is 0.222 e. The van der Waals surface area contributed by atoms with Gasteiger partial charge in [-0.1, -0.05) is 0 Å². The largest absolute Gasteiger partial charge is 0.381 e. The van der Waals surface area contributed by atoms with E-state index in [4.69, 9.17) is 4.74 Å². The number of ether oxygens (including phenoxy) is 1. The van der Waals surface area contributed by atoms with Crippen LogP contribution in [0.3, 0.4) is 0 Å². The standard InChI is InChI=1S/C21H19FN6O2S/c1-12-10-31-21(27-12)19(29)13-6-14(20(22)24-8-13)18-15-9-23-17(7-16(15)25-11-26-18)28-2-4-30-5-3-28/h6-11,19,29H,2-5H2,1H3. The van der Waals surface area contributed by atoms with Crippen molar-refractivity contribution >= 4 is 28.1 Å². The molecule has 0 amide bonds. The van der Waals surface area contributed by atoms with E-state index in [0.717, 1.165) is 24.6 Å². The lowest BCUT2D eigenvalue weighted by atomic mass is 10.0. The number of aromatic nitrogens is 5. The fraction of sp³-hybridized carbons (Fsp3) is 0.286. The van der Waals surface area contributed by atoms with Gasteiger partial charge >= 0.3 is 0 Å². The lowest BCUT2D eigenvalue weighted by Gasteiger charge is -2.27. The van der Waals surface area contributed by atoms with Gasteiger partial charge in [0.05, 0.1) is 30.0 Å². The molecule has 5 rings (SSSR count).